The lowest BCUT2D eigenvalue weighted by atomic mass is 10.1. The van der Waals surface area contributed by atoms with E-state index in [4.69, 9.17) is 11.1 Å². The van der Waals surface area contributed by atoms with Gasteiger partial charge in [-0.25, -0.2) is 0 Å². The molecule has 0 aliphatic rings. The van der Waals surface area contributed by atoms with Crippen molar-refractivity contribution in [1.82, 2.24) is 0 Å². The molecule has 0 saturated heterocycles. The van der Waals surface area contributed by atoms with Gasteiger partial charge in [0.25, 0.3) is 0 Å². The summed E-state index contributed by atoms with van der Waals surface area (Å²) in [6.45, 7) is 2.82. The Balaban J connectivity index is 2.28. The number of hydrogen-bond acceptors (Lipinski definition) is 2. The van der Waals surface area contributed by atoms with Crippen molar-refractivity contribution in [2.75, 3.05) is 11.9 Å². The molecule has 2 aromatic carbocycles. The summed E-state index contributed by atoms with van der Waals surface area (Å²) in [6.07, 6.45) is 0. The Labute approximate surface area is 128 Å². The topological polar surface area (TPSA) is 53.1 Å². The minimum atomic E-state index is 0.0997. The molecule has 0 saturated carbocycles. The van der Waals surface area contributed by atoms with E-state index in [1.807, 2.05) is 38.2 Å². The first-order valence-electron chi connectivity index (χ1n) is 6.38. The van der Waals surface area contributed by atoms with E-state index in [9.17, 15) is 0 Å². The van der Waals surface area contributed by atoms with Crippen LogP contribution in [0.1, 0.15) is 16.7 Å². The lowest BCUT2D eigenvalue weighted by Gasteiger charge is -2.23. The van der Waals surface area contributed by atoms with Gasteiger partial charge in [0.15, 0.2) is 0 Å². The Morgan fingerprint density at radius 3 is 2.45 bits per heavy atom. The molecule has 0 atom stereocenters. The molecule has 0 heterocycles. The van der Waals surface area contributed by atoms with E-state index in [1.165, 1.54) is 5.56 Å². The van der Waals surface area contributed by atoms with Gasteiger partial charge in [-0.2, -0.15) is 0 Å². The van der Waals surface area contributed by atoms with Crippen LogP contribution < -0.4 is 10.6 Å². The number of rotatable bonds is 4. The summed E-state index contributed by atoms with van der Waals surface area (Å²) in [5.41, 5.74) is 9.80. The van der Waals surface area contributed by atoms with E-state index in [-0.39, 0.29) is 5.84 Å². The first kappa shape index (κ1) is 14.6. The maximum atomic E-state index is 7.69. The number of anilines is 1. The van der Waals surface area contributed by atoms with Crippen molar-refractivity contribution in [3.63, 3.8) is 0 Å². The van der Waals surface area contributed by atoms with Crippen molar-refractivity contribution in [3.05, 3.63) is 63.6 Å². The lowest BCUT2D eigenvalue weighted by molar-refractivity contribution is 0.919. The Bertz CT molecular complexity index is 620. The minimum Gasteiger partial charge on any atom is -0.384 e. The van der Waals surface area contributed by atoms with Gasteiger partial charge in [-0.1, -0.05) is 34.1 Å². The fourth-order valence-electron chi connectivity index (χ4n) is 2.13. The maximum Gasteiger partial charge on any atom is 0.124 e. The molecular weight excluding hydrogens is 314 g/mol. The predicted octanol–water partition coefficient (Wildman–Crippen LogP) is 3.68. The number of nitrogens with zero attached hydrogens (tertiary/aromatic N) is 1. The molecule has 104 valence electrons. The first-order chi connectivity index (χ1) is 9.47. The second kappa shape index (κ2) is 6.09. The summed E-state index contributed by atoms with van der Waals surface area (Å²) in [6, 6.07) is 14.2. The van der Waals surface area contributed by atoms with E-state index >= 15 is 0 Å². The Hall–Kier alpha value is -1.81. The molecule has 3 nitrogen and oxygen atoms in total. The molecule has 0 bridgehead atoms. The SMILES string of the molecule is Cc1ccc(C(=N)N)c(N(C)Cc2ccc(Br)cc2)c1. The van der Waals surface area contributed by atoms with Crippen LogP contribution in [0.2, 0.25) is 0 Å². The summed E-state index contributed by atoms with van der Waals surface area (Å²) in [7, 11) is 2.02. The molecule has 0 aliphatic carbocycles. The van der Waals surface area contributed by atoms with Crippen LogP contribution in [0.3, 0.4) is 0 Å². The minimum absolute atomic E-state index is 0.0997. The van der Waals surface area contributed by atoms with Gasteiger partial charge in [-0.15, -0.1) is 0 Å². The van der Waals surface area contributed by atoms with Gasteiger partial charge in [-0.3, -0.25) is 5.41 Å². The molecule has 0 aliphatic heterocycles. The van der Waals surface area contributed by atoms with Gasteiger partial charge in [-0.05, 0) is 42.3 Å². The highest BCUT2D eigenvalue weighted by molar-refractivity contribution is 9.10. The smallest absolute Gasteiger partial charge is 0.124 e. The van der Waals surface area contributed by atoms with Crippen molar-refractivity contribution < 1.29 is 0 Å². The molecule has 3 N–H and O–H groups in total. The molecule has 0 unspecified atom stereocenters. The van der Waals surface area contributed by atoms with E-state index in [0.717, 1.165) is 27.8 Å². The third-order valence-corrected chi connectivity index (χ3v) is 3.72. The fraction of sp³-hybridized carbons (Fsp3) is 0.188. The highest BCUT2D eigenvalue weighted by Crippen LogP contribution is 2.23. The molecule has 0 radical (unpaired) electrons. The number of aryl methyl sites for hydroxylation is 1. The number of benzene rings is 2. The van der Waals surface area contributed by atoms with Crippen LogP contribution in [0, 0.1) is 12.3 Å². The average molecular weight is 332 g/mol. The van der Waals surface area contributed by atoms with Gasteiger partial charge in [0.2, 0.25) is 0 Å². The van der Waals surface area contributed by atoms with Crippen molar-refractivity contribution in [1.29, 1.82) is 5.41 Å². The van der Waals surface area contributed by atoms with E-state index in [2.05, 4.69) is 39.0 Å². The number of hydrogen-bond donors (Lipinski definition) is 2. The lowest BCUT2D eigenvalue weighted by Crippen LogP contribution is -2.22. The molecule has 0 spiro atoms. The zero-order valence-corrected chi connectivity index (χ0v) is 13.2. The number of nitrogens with one attached hydrogen (secondary N) is 1. The third-order valence-electron chi connectivity index (χ3n) is 3.19. The van der Waals surface area contributed by atoms with Gasteiger partial charge in [0.05, 0.1) is 0 Å². The summed E-state index contributed by atoms with van der Waals surface area (Å²) in [5, 5.41) is 7.69. The highest BCUT2D eigenvalue weighted by Gasteiger charge is 2.10. The van der Waals surface area contributed by atoms with E-state index in [0.29, 0.717) is 0 Å². The number of nitrogens with two attached hydrogens (primary N) is 1. The highest BCUT2D eigenvalue weighted by atomic mass is 79.9. The second-order valence-electron chi connectivity index (χ2n) is 4.92. The fourth-order valence-corrected chi connectivity index (χ4v) is 2.40. The van der Waals surface area contributed by atoms with Gasteiger partial charge in [0, 0.05) is 29.3 Å². The molecule has 0 aromatic heterocycles. The molecule has 2 aromatic rings. The summed E-state index contributed by atoms with van der Waals surface area (Å²) < 4.78 is 1.07. The Kier molecular flexibility index (Phi) is 4.45. The summed E-state index contributed by atoms with van der Waals surface area (Å²) in [4.78, 5) is 2.12. The number of halogens is 1. The molecule has 20 heavy (non-hydrogen) atoms. The van der Waals surface area contributed by atoms with Gasteiger partial charge >= 0.3 is 0 Å². The molecule has 2 rings (SSSR count). The number of nitrogen functional groups attached to an aromatic ring is 1. The average Bonchev–Trinajstić information content (AvgIpc) is 2.41. The Morgan fingerprint density at radius 1 is 1.20 bits per heavy atom. The predicted molar refractivity (Wildman–Crippen MR) is 88.4 cm³/mol. The number of amidine groups is 1. The van der Waals surface area contributed by atoms with Crippen LogP contribution >= 0.6 is 15.9 Å². The quantitative estimate of drug-likeness (QED) is 0.663. The maximum absolute atomic E-state index is 7.69. The summed E-state index contributed by atoms with van der Waals surface area (Å²) >= 11 is 3.44. The van der Waals surface area contributed by atoms with Crippen LogP contribution in [0.4, 0.5) is 5.69 Å². The van der Waals surface area contributed by atoms with Crippen LogP contribution in [0.5, 0.6) is 0 Å². The van der Waals surface area contributed by atoms with Crippen LogP contribution in [-0.4, -0.2) is 12.9 Å². The van der Waals surface area contributed by atoms with Crippen LogP contribution in [0.25, 0.3) is 0 Å². The summed E-state index contributed by atoms with van der Waals surface area (Å²) in [5.74, 6) is 0.0997. The second-order valence-corrected chi connectivity index (χ2v) is 5.83. The van der Waals surface area contributed by atoms with Crippen LogP contribution in [0.15, 0.2) is 46.9 Å². The van der Waals surface area contributed by atoms with Gasteiger partial charge < -0.3 is 10.6 Å². The normalized spacial score (nSPS) is 10.3. The van der Waals surface area contributed by atoms with Crippen molar-refractivity contribution >= 4 is 27.5 Å². The first-order valence-corrected chi connectivity index (χ1v) is 7.17. The van der Waals surface area contributed by atoms with Crippen LogP contribution in [-0.2, 0) is 6.54 Å². The van der Waals surface area contributed by atoms with Crippen molar-refractivity contribution in [2.45, 2.75) is 13.5 Å². The van der Waals surface area contributed by atoms with Crippen molar-refractivity contribution in [2.24, 2.45) is 5.73 Å². The zero-order valence-electron chi connectivity index (χ0n) is 11.7. The standard InChI is InChI=1S/C16H18BrN3/c1-11-3-8-14(16(18)19)15(9-11)20(2)10-12-4-6-13(17)7-5-12/h3-9H,10H2,1-2H3,(H3,18,19). The molecule has 0 amide bonds. The third kappa shape index (κ3) is 3.39. The monoisotopic (exact) mass is 331 g/mol. The molecule has 0 fully saturated rings. The Morgan fingerprint density at radius 2 is 1.85 bits per heavy atom. The largest absolute Gasteiger partial charge is 0.384 e. The van der Waals surface area contributed by atoms with Gasteiger partial charge in [0.1, 0.15) is 5.84 Å². The molecule has 4 heteroatoms. The van der Waals surface area contributed by atoms with E-state index in [1.54, 1.807) is 0 Å². The zero-order chi connectivity index (χ0) is 14.7. The van der Waals surface area contributed by atoms with Crippen molar-refractivity contribution in [3.8, 4) is 0 Å². The molecular formula is C16H18BrN3. The van der Waals surface area contributed by atoms with E-state index < -0.39 is 0 Å².